The van der Waals surface area contributed by atoms with Gasteiger partial charge in [0.25, 0.3) is 0 Å². The Morgan fingerprint density at radius 1 is 1.15 bits per heavy atom. The molecule has 2 N–H and O–H groups in total. The summed E-state index contributed by atoms with van der Waals surface area (Å²) >= 11 is 0. The number of hydrogen-bond acceptors (Lipinski definition) is 3. The number of benzene rings is 1. The number of rotatable bonds is 6. The van der Waals surface area contributed by atoms with E-state index in [-0.39, 0.29) is 18.3 Å². The largest absolute Gasteiger partial charge is 0.352 e. The van der Waals surface area contributed by atoms with Crippen molar-refractivity contribution in [2.45, 2.75) is 57.3 Å². The highest BCUT2D eigenvalue weighted by Gasteiger charge is 2.34. The fraction of sp³-hybridized carbons (Fsp3) is 0.500. The maximum atomic E-state index is 12.3. The minimum Gasteiger partial charge on any atom is -0.352 e. The first-order valence-corrected chi connectivity index (χ1v) is 9.32. The lowest BCUT2D eigenvalue weighted by Gasteiger charge is -2.28. The predicted octanol–water partition coefficient (Wildman–Crippen LogP) is 2.89. The summed E-state index contributed by atoms with van der Waals surface area (Å²) < 4.78 is 1.91. The van der Waals surface area contributed by atoms with Crippen molar-refractivity contribution in [2.75, 3.05) is 0 Å². The van der Waals surface area contributed by atoms with Crippen LogP contribution in [0.3, 0.4) is 0 Å². The molecule has 6 heteroatoms. The summed E-state index contributed by atoms with van der Waals surface area (Å²) in [7, 11) is 0. The molecular weight excluding hydrogens is 348 g/mol. The van der Waals surface area contributed by atoms with E-state index in [9.17, 15) is 4.79 Å². The van der Waals surface area contributed by atoms with Crippen LogP contribution in [0.25, 0.3) is 0 Å². The lowest BCUT2D eigenvalue weighted by atomic mass is 9.89. The molecular formula is C20H27ClN4O. The third-order valence-corrected chi connectivity index (χ3v) is 5.46. The molecule has 2 bridgehead atoms. The zero-order chi connectivity index (χ0) is 17.1. The monoisotopic (exact) mass is 374 g/mol. The normalized spacial score (nSPS) is 24.1. The molecule has 140 valence electrons. The summed E-state index contributed by atoms with van der Waals surface area (Å²) in [6, 6.07) is 11.6. The standard InChI is InChI=1S/C20H26N4O.ClH/c25-20(12-17-10-18-6-7-19(11-17)23-18)21-13-15-2-4-16(5-3-15)14-24-9-1-8-22-24;/h1-5,8-9,17-19,23H,6-7,10-14H2,(H,21,25);1H. The van der Waals surface area contributed by atoms with Crippen LogP contribution in [0.15, 0.2) is 42.7 Å². The Morgan fingerprint density at radius 2 is 1.85 bits per heavy atom. The van der Waals surface area contributed by atoms with Crippen LogP contribution in [-0.4, -0.2) is 27.8 Å². The Labute approximate surface area is 161 Å². The first-order chi connectivity index (χ1) is 12.2. The first kappa shape index (κ1) is 18.9. The molecule has 2 aliphatic rings. The molecule has 1 aromatic carbocycles. The van der Waals surface area contributed by atoms with Crippen molar-refractivity contribution in [3.05, 3.63) is 53.9 Å². The minimum atomic E-state index is 0. The van der Waals surface area contributed by atoms with Crippen LogP contribution in [-0.2, 0) is 17.9 Å². The fourth-order valence-corrected chi connectivity index (χ4v) is 4.22. The van der Waals surface area contributed by atoms with Crippen LogP contribution >= 0.6 is 12.4 Å². The SMILES string of the molecule is Cl.O=C(CC1CC2CCC(C1)N2)NCc1ccc(Cn2cccn2)cc1. The van der Waals surface area contributed by atoms with E-state index in [4.69, 9.17) is 0 Å². The fourth-order valence-electron chi connectivity index (χ4n) is 4.22. The van der Waals surface area contributed by atoms with Crippen LogP contribution in [0, 0.1) is 5.92 Å². The van der Waals surface area contributed by atoms with Gasteiger partial charge in [-0.1, -0.05) is 24.3 Å². The van der Waals surface area contributed by atoms with Gasteiger partial charge in [0.1, 0.15) is 0 Å². The Kier molecular flexibility index (Phi) is 6.33. The number of aromatic nitrogens is 2. The summed E-state index contributed by atoms with van der Waals surface area (Å²) in [5.41, 5.74) is 2.35. The van der Waals surface area contributed by atoms with Gasteiger partial charge in [-0.15, -0.1) is 12.4 Å². The molecule has 0 saturated carbocycles. The van der Waals surface area contributed by atoms with Crippen molar-refractivity contribution in [3.63, 3.8) is 0 Å². The van der Waals surface area contributed by atoms with Gasteiger partial charge in [-0.25, -0.2) is 0 Å². The molecule has 0 aliphatic carbocycles. The van der Waals surface area contributed by atoms with E-state index in [1.807, 2.05) is 16.9 Å². The molecule has 0 spiro atoms. The van der Waals surface area contributed by atoms with Crippen molar-refractivity contribution in [2.24, 2.45) is 5.92 Å². The van der Waals surface area contributed by atoms with E-state index in [0.29, 0.717) is 31.0 Å². The molecule has 2 unspecified atom stereocenters. The third-order valence-electron chi connectivity index (χ3n) is 5.46. The summed E-state index contributed by atoms with van der Waals surface area (Å²) in [6.07, 6.45) is 9.31. The van der Waals surface area contributed by atoms with Gasteiger partial charge in [0.15, 0.2) is 0 Å². The second-order valence-corrected chi connectivity index (χ2v) is 7.48. The number of piperidine rings is 1. The van der Waals surface area contributed by atoms with Crippen LogP contribution < -0.4 is 10.6 Å². The molecule has 2 aromatic rings. The number of fused-ring (bicyclic) bond motifs is 2. The number of amides is 1. The van der Waals surface area contributed by atoms with Crippen LogP contribution in [0.1, 0.15) is 43.2 Å². The topological polar surface area (TPSA) is 59.0 Å². The van der Waals surface area contributed by atoms with Crippen LogP contribution in [0.2, 0.25) is 0 Å². The lowest BCUT2D eigenvalue weighted by Crippen LogP contribution is -2.39. The maximum Gasteiger partial charge on any atom is 0.220 e. The van der Waals surface area contributed by atoms with E-state index >= 15 is 0 Å². The lowest BCUT2D eigenvalue weighted by molar-refractivity contribution is -0.122. The van der Waals surface area contributed by atoms with E-state index in [1.165, 1.54) is 18.4 Å². The molecule has 3 heterocycles. The Balaban J connectivity index is 0.00000196. The average molecular weight is 375 g/mol. The van der Waals surface area contributed by atoms with Gasteiger partial charge in [0.05, 0.1) is 6.54 Å². The highest BCUT2D eigenvalue weighted by Crippen LogP contribution is 2.32. The maximum absolute atomic E-state index is 12.3. The molecule has 2 fully saturated rings. The van der Waals surface area contributed by atoms with Crippen molar-refractivity contribution in [1.29, 1.82) is 0 Å². The second-order valence-electron chi connectivity index (χ2n) is 7.48. The highest BCUT2D eigenvalue weighted by atomic mass is 35.5. The molecule has 1 amide bonds. The Bertz CT molecular complexity index is 689. The molecule has 1 aromatic heterocycles. The molecule has 26 heavy (non-hydrogen) atoms. The van der Waals surface area contributed by atoms with E-state index in [2.05, 4.69) is 40.0 Å². The zero-order valence-electron chi connectivity index (χ0n) is 14.9. The first-order valence-electron chi connectivity index (χ1n) is 9.32. The predicted molar refractivity (Wildman–Crippen MR) is 104 cm³/mol. The van der Waals surface area contributed by atoms with E-state index in [1.54, 1.807) is 6.20 Å². The number of carbonyl (C=O) groups excluding carboxylic acids is 1. The van der Waals surface area contributed by atoms with Crippen molar-refractivity contribution in [1.82, 2.24) is 20.4 Å². The van der Waals surface area contributed by atoms with E-state index < -0.39 is 0 Å². The van der Waals surface area contributed by atoms with Gasteiger partial charge in [-0.05, 0) is 48.8 Å². The number of carbonyl (C=O) groups is 1. The number of halogens is 1. The second kappa shape index (κ2) is 8.69. The molecule has 0 radical (unpaired) electrons. The highest BCUT2D eigenvalue weighted by molar-refractivity contribution is 5.85. The van der Waals surface area contributed by atoms with Gasteiger partial charge >= 0.3 is 0 Å². The Hall–Kier alpha value is -1.85. The van der Waals surface area contributed by atoms with Crippen molar-refractivity contribution >= 4 is 18.3 Å². The van der Waals surface area contributed by atoms with E-state index in [0.717, 1.165) is 24.9 Å². The van der Waals surface area contributed by atoms with Gasteiger partial charge in [-0.3, -0.25) is 9.48 Å². The van der Waals surface area contributed by atoms with Crippen LogP contribution in [0.5, 0.6) is 0 Å². The average Bonchev–Trinajstić information content (AvgIpc) is 3.24. The van der Waals surface area contributed by atoms with Gasteiger partial charge in [0.2, 0.25) is 5.91 Å². The quantitative estimate of drug-likeness (QED) is 0.817. The number of hydrogen-bond donors (Lipinski definition) is 2. The summed E-state index contributed by atoms with van der Waals surface area (Å²) in [5, 5.41) is 10.9. The molecule has 2 saturated heterocycles. The number of nitrogens with zero attached hydrogens (tertiary/aromatic N) is 2. The minimum absolute atomic E-state index is 0. The summed E-state index contributed by atoms with van der Waals surface area (Å²) in [6.45, 7) is 1.39. The summed E-state index contributed by atoms with van der Waals surface area (Å²) in [4.78, 5) is 12.3. The van der Waals surface area contributed by atoms with Gasteiger partial charge in [-0.2, -0.15) is 5.10 Å². The van der Waals surface area contributed by atoms with Crippen molar-refractivity contribution in [3.8, 4) is 0 Å². The molecule has 2 aliphatic heterocycles. The third kappa shape index (κ3) is 4.86. The van der Waals surface area contributed by atoms with Gasteiger partial charge < -0.3 is 10.6 Å². The molecule has 4 rings (SSSR count). The smallest absolute Gasteiger partial charge is 0.220 e. The molecule has 2 atom stereocenters. The van der Waals surface area contributed by atoms with Crippen molar-refractivity contribution < 1.29 is 4.79 Å². The molecule has 5 nitrogen and oxygen atoms in total. The Morgan fingerprint density at radius 3 is 2.50 bits per heavy atom. The summed E-state index contributed by atoms with van der Waals surface area (Å²) in [5.74, 6) is 0.738. The van der Waals surface area contributed by atoms with Crippen LogP contribution in [0.4, 0.5) is 0 Å². The number of nitrogens with one attached hydrogen (secondary N) is 2. The van der Waals surface area contributed by atoms with Gasteiger partial charge in [0, 0.05) is 37.4 Å². The zero-order valence-corrected chi connectivity index (χ0v) is 15.8.